The van der Waals surface area contributed by atoms with Gasteiger partial charge in [-0.3, -0.25) is 0 Å². The third-order valence-corrected chi connectivity index (χ3v) is 5.03. The molecule has 0 aliphatic carbocycles. The smallest absolute Gasteiger partial charge is 0.343 e. The molecule has 0 aliphatic rings. The second-order valence-corrected chi connectivity index (χ2v) is 7.08. The molecule has 10 heteroatoms. The Labute approximate surface area is 208 Å². The van der Waals surface area contributed by atoms with Gasteiger partial charge in [-0.2, -0.15) is 0 Å². The molecule has 36 heavy (non-hydrogen) atoms. The molecule has 0 saturated carbocycles. The second-order valence-electron chi connectivity index (χ2n) is 7.08. The van der Waals surface area contributed by atoms with E-state index in [0.717, 1.165) is 0 Å². The van der Waals surface area contributed by atoms with E-state index in [1.165, 1.54) is 73.0 Å². The average Bonchev–Trinajstić information content (AvgIpc) is 2.91. The Kier molecular flexibility index (Phi) is 8.45. The third kappa shape index (κ3) is 5.54. The van der Waals surface area contributed by atoms with Gasteiger partial charge in [-0.1, -0.05) is 6.07 Å². The Bertz CT molecular complexity index is 1110. The van der Waals surface area contributed by atoms with Crippen LogP contribution >= 0.6 is 0 Å². The number of hydrogen-bond donors (Lipinski definition) is 0. The monoisotopic (exact) mass is 498 g/mol. The first-order valence-electron chi connectivity index (χ1n) is 10.5. The van der Waals surface area contributed by atoms with Gasteiger partial charge in [0.25, 0.3) is 0 Å². The molecule has 0 radical (unpaired) electrons. The molecular weight excluding hydrogens is 472 g/mol. The highest BCUT2D eigenvalue weighted by Gasteiger charge is 2.20. The number of benzene rings is 3. The first-order valence-corrected chi connectivity index (χ1v) is 10.5. The van der Waals surface area contributed by atoms with Gasteiger partial charge in [-0.25, -0.2) is 9.59 Å². The van der Waals surface area contributed by atoms with Crippen LogP contribution in [0.3, 0.4) is 0 Å². The van der Waals surface area contributed by atoms with Crippen LogP contribution in [0.1, 0.15) is 20.7 Å². The van der Waals surface area contributed by atoms with Crippen molar-refractivity contribution >= 4 is 11.9 Å². The van der Waals surface area contributed by atoms with Crippen LogP contribution in [0.15, 0.2) is 48.5 Å². The molecular formula is C26H26O10. The highest BCUT2D eigenvalue weighted by atomic mass is 16.6. The van der Waals surface area contributed by atoms with Crippen molar-refractivity contribution in [3.63, 3.8) is 0 Å². The van der Waals surface area contributed by atoms with E-state index in [9.17, 15) is 9.59 Å². The zero-order valence-electron chi connectivity index (χ0n) is 20.7. The van der Waals surface area contributed by atoms with Crippen LogP contribution in [0.4, 0.5) is 0 Å². The molecule has 0 unspecified atom stereocenters. The minimum Gasteiger partial charge on any atom is -0.493 e. The largest absolute Gasteiger partial charge is 0.493 e. The van der Waals surface area contributed by atoms with E-state index in [1.54, 1.807) is 18.2 Å². The van der Waals surface area contributed by atoms with Crippen LogP contribution in [0, 0.1) is 0 Å². The third-order valence-electron chi connectivity index (χ3n) is 5.03. The normalized spacial score (nSPS) is 10.2. The second kappa shape index (κ2) is 11.7. The SMILES string of the molecule is COc1cc(C(=O)Oc2cccc(OC(=O)c3cc(OC)c(OC)c(OC)c3)c2)cc(OC)c1OC. The summed E-state index contributed by atoms with van der Waals surface area (Å²) in [6, 6.07) is 12.0. The first kappa shape index (κ1) is 26.0. The predicted octanol–water partition coefficient (Wildman–Crippen LogP) is 4.18. The maximum absolute atomic E-state index is 12.8. The minimum absolute atomic E-state index is 0.156. The first-order chi connectivity index (χ1) is 17.4. The maximum Gasteiger partial charge on any atom is 0.343 e. The van der Waals surface area contributed by atoms with Crippen LogP contribution in [0.25, 0.3) is 0 Å². The predicted molar refractivity (Wildman–Crippen MR) is 129 cm³/mol. The molecule has 0 aliphatic heterocycles. The molecule has 0 amide bonds. The average molecular weight is 498 g/mol. The van der Waals surface area contributed by atoms with Crippen molar-refractivity contribution in [1.29, 1.82) is 0 Å². The lowest BCUT2D eigenvalue weighted by atomic mass is 10.2. The number of methoxy groups -OCH3 is 6. The topological polar surface area (TPSA) is 108 Å². The molecule has 10 nitrogen and oxygen atoms in total. The van der Waals surface area contributed by atoms with E-state index >= 15 is 0 Å². The summed E-state index contributed by atoms with van der Waals surface area (Å²) in [5.74, 6) is 0.856. The lowest BCUT2D eigenvalue weighted by molar-refractivity contribution is 0.0731. The van der Waals surface area contributed by atoms with Crippen molar-refractivity contribution in [3.8, 4) is 46.0 Å². The zero-order valence-corrected chi connectivity index (χ0v) is 20.7. The standard InChI is InChI=1S/C26H26O10/c1-29-19-10-15(11-20(30-2)23(19)33-5)25(27)35-17-8-7-9-18(14-17)36-26(28)16-12-21(31-3)24(34-6)22(13-16)32-4/h7-14H,1-6H3. The quantitative estimate of drug-likeness (QED) is 0.298. The van der Waals surface area contributed by atoms with Crippen LogP contribution in [-0.2, 0) is 0 Å². The van der Waals surface area contributed by atoms with Gasteiger partial charge >= 0.3 is 11.9 Å². The summed E-state index contributed by atoms with van der Waals surface area (Å²) in [5, 5.41) is 0. The number of rotatable bonds is 10. The number of hydrogen-bond acceptors (Lipinski definition) is 10. The van der Waals surface area contributed by atoms with Crippen LogP contribution in [0.2, 0.25) is 0 Å². The van der Waals surface area contributed by atoms with Crippen molar-refractivity contribution in [2.24, 2.45) is 0 Å². The van der Waals surface area contributed by atoms with E-state index in [4.69, 9.17) is 37.9 Å². The van der Waals surface area contributed by atoms with Gasteiger partial charge in [0, 0.05) is 6.07 Å². The summed E-state index contributed by atoms with van der Waals surface area (Å²) >= 11 is 0. The molecule has 0 saturated heterocycles. The van der Waals surface area contributed by atoms with Crippen LogP contribution < -0.4 is 37.9 Å². The van der Waals surface area contributed by atoms with Gasteiger partial charge in [-0.05, 0) is 36.4 Å². The summed E-state index contributed by atoms with van der Waals surface area (Å²) in [5.41, 5.74) is 0.341. The Morgan fingerprint density at radius 1 is 0.500 bits per heavy atom. The van der Waals surface area contributed by atoms with Crippen molar-refractivity contribution in [3.05, 3.63) is 59.7 Å². The molecule has 3 rings (SSSR count). The zero-order chi connectivity index (χ0) is 26.2. The van der Waals surface area contributed by atoms with Gasteiger partial charge in [-0.15, -0.1) is 0 Å². The Morgan fingerprint density at radius 2 is 0.833 bits per heavy atom. The summed E-state index contributed by atoms with van der Waals surface area (Å²) in [7, 11) is 8.69. The minimum atomic E-state index is -0.678. The van der Waals surface area contributed by atoms with Crippen molar-refractivity contribution in [2.45, 2.75) is 0 Å². The number of carbonyl (C=O) groups is 2. The highest BCUT2D eigenvalue weighted by Crippen LogP contribution is 2.39. The Balaban J connectivity index is 1.81. The molecule has 0 bridgehead atoms. The summed E-state index contributed by atoms with van der Waals surface area (Å²) in [4.78, 5) is 25.6. The van der Waals surface area contributed by atoms with E-state index in [0.29, 0.717) is 34.5 Å². The Hall–Kier alpha value is -4.60. The lowest BCUT2D eigenvalue weighted by Gasteiger charge is -2.14. The van der Waals surface area contributed by atoms with E-state index in [-0.39, 0.29) is 22.6 Å². The maximum atomic E-state index is 12.8. The number of ether oxygens (including phenoxy) is 8. The van der Waals surface area contributed by atoms with Gasteiger partial charge in [0.15, 0.2) is 23.0 Å². The molecule has 0 fully saturated rings. The van der Waals surface area contributed by atoms with Gasteiger partial charge < -0.3 is 37.9 Å². The molecule has 3 aromatic carbocycles. The van der Waals surface area contributed by atoms with E-state index < -0.39 is 11.9 Å². The summed E-state index contributed by atoms with van der Waals surface area (Å²) in [6.45, 7) is 0. The highest BCUT2D eigenvalue weighted by molar-refractivity contribution is 5.94. The van der Waals surface area contributed by atoms with E-state index in [1.807, 2.05) is 0 Å². The van der Waals surface area contributed by atoms with Gasteiger partial charge in [0.05, 0.1) is 53.8 Å². The van der Waals surface area contributed by atoms with E-state index in [2.05, 4.69) is 0 Å². The van der Waals surface area contributed by atoms with Gasteiger partial charge in [0.2, 0.25) is 11.5 Å². The summed E-state index contributed by atoms with van der Waals surface area (Å²) < 4.78 is 42.6. The van der Waals surface area contributed by atoms with Crippen molar-refractivity contribution < 1.29 is 47.5 Å². The number of carbonyl (C=O) groups excluding carboxylic acids is 2. The fourth-order valence-electron chi connectivity index (χ4n) is 3.33. The molecule has 3 aromatic rings. The summed E-state index contributed by atoms with van der Waals surface area (Å²) in [6.07, 6.45) is 0. The van der Waals surface area contributed by atoms with Crippen LogP contribution in [0.5, 0.6) is 46.0 Å². The van der Waals surface area contributed by atoms with Crippen molar-refractivity contribution in [2.75, 3.05) is 42.7 Å². The molecule has 0 spiro atoms. The lowest BCUT2D eigenvalue weighted by Crippen LogP contribution is -2.11. The fraction of sp³-hybridized carbons (Fsp3) is 0.231. The fourth-order valence-corrected chi connectivity index (χ4v) is 3.33. The number of esters is 2. The van der Waals surface area contributed by atoms with Gasteiger partial charge in [0.1, 0.15) is 11.5 Å². The molecule has 0 N–H and O–H groups in total. The molecule has 0 heterocycles. The Morgan fingerprint density at radius 3 is 1.11 bits per heavy atom. The van der Waals surface area contributed by atoms with Crippen molar-refractivity contribution in [1.82, 2.24) is 0 Å². The molecule has 190 valence electrons. The van der Waals surface area contributed by atoms with Crippen LogP contribution in [-0.4, -0.2) is 54.6 Å². The molecule has 0 atom stereocenters. The molecule has 0 aromatic heterocycles.